The number of fused-ring (bicyclic) bond motifs is 12. The molecule has 0 atom stereocenters. The van der Waals surface area contributed by atoms with Crippen LogP contribution in [-0.2, 0) is 20.1 Å². The standard InChI is InChI=1S/C18H13N.C18H12N.C8H6N3.Ir/c2*1-12-10-17-15-8-3-2-6-13(15)14-7-4-5-9-16(14)18(17)19-11-12;1-2-4-9-7(3-1)8-10-5-6-11-8;/h2-11H,1H3;2-8,10-11H,1H3;1-6H;/q;2*-1;. The topological polar surface area (TPSA) is 65.7 Å². The molecule has 4 aromatic heterocycles. The summed E-state index contributed by atoms with van der Waals surface area (Å²) < 4.78 is 0. The molecule has 0 N–H and O–H groups in total. The van der Waals surface area contributed by atoms with E-state index in [-0.39, 0.29) is 20.1 Å². The van der Waals surface area contributed by atoms with E-state index in [1.54, 1.807) is 18.6 Å². The number of hydrogen-bond acceptors (Lipinski definition) is 4. The third-order valence-electron chi connectivity index (χ3n) is 8.69. The van der Waals surface area contributed by atoms with E-state index < -0.39 is 0 Å². The van der Waals surface area contributed by atoms with E-state index in [4.69, 9.17) is 0 Å². The van der Waals surface area contributed by atoms with Gasteiger partial charge in [0.2, 0.25) is 0 Å². The quantitative estimate of drug-likeness (QED) is 0.122. The molecule has 4 heterocycles. The number of aryl methyl sites for hydroxylation is 2. The molecule has 0 fully saturated rings. The first-order valence-electron chi connectivity index (χ1n) is 16.2. The monoisotopic (exact) mass is 822 g/mol. The van der Waals surface area contributed by atoms with Crippen molar-refractivity contribution in [2.75, 3.05) is 0 Å². The van der Waals surface area contributed by atoms with Crippen LogP contribution in [0, 0.1) is 19.9 Å². The van der Waals surface area contributed by atoms with E-state index in [1.807, 2.05) is 42.7 Å². The SMILES string of the molecule is Cc1cnc2c3[c-]cccc3c3ccccc3c2c1.Cc1cnc2c3ccccc3c3ccccc3c2c1.[Ir].c1ccc(-c2ncc[n-]2)nc1. The van der Waals surface area contributed by atoms with Crippen LogP contribution in [0.5, 0.6) is 0 Å². The number of pyridine rings is 3. The van der Waals surface area contributed by atoms with Crippen molar-refractivity contribution >= 4 is 64.9 Å². The predicted molar refractivity (Wildman–Crippen MR) is 203 cm³/mol. The summed E-state index contributed by atoms with van der Waals surface area (Å²) in [6.07, 6.45) is 8.92. The van der Waals surface area contributed by atoms with Crippen LogP contribution in [0.25, 0.3) is 76.4 Å². The molecule has 0 spiro atoms. The Morgan fingerprint density at radius 3 is 1.60 bits per heavy atom. The fourth-order valence-electron chi connectivity index (χ4n) is 6.52. The van der Waals surface area contributed by atoms with Gasteiger partial charge in [-0.25, -0.2) is 0 Å². The molecule has 243 valence electrons. The van der Waals surface area contributed by atoms with Gasteiger partial charge < -0.3 is 15.0 Å². The third kappa shape index (κ3) is 6.23. The number of hydrogen-bond donors (Lipinski definition) is 0. The number of aromatic nitrogens is 5. The molecule has 10 aromatic rings. The van der Waals surface area contributed by atoms with Crippen LogP contribution >= 0.6 is 0 Å². The zero-order valence-corrected chi connectivity index (χ0v) is 29.9. The third-order valence-corrected chi connectivity index (χ3v) is 8.69. The molecule has 0 saturated heterocycles. The van der Waals surface area contributed by atoms with Crippen molar-refractivity contribution in [1.29, 1.82) is 0 Å². The van der Waals surface area contributed by atoms with Gasteiger partial charge in [-0.05, 0) is 81.4 Å². The minimum Gasteiger partial charge on any atom is -0.441 e. The normalized spacial score (nSPS) is 10.8. The molecule has 0 aliphatic rings. The molecule has 0 unspecified atom stereocenters. The second kappa shape index (κ2) is 14.4. The molecule has 0 amide bonds. The molecule has 5 nitrogen and oxygen atoms in total. The Kier molecular flexibility index (Phi) is 9.39. The number of imidazole rings is 1. The molecule has 50 heavy (non-hydrogen) atoms. The first-order valence-corrected chi connectivity index (χ1v) is 16.2. The van der Waals surface area contributed by atoms with Gasteiger partial charge in [-0.2, -0.15) is 0 Å². The number of nitrogens with zero attached hydrogens (tertiary/aromatic N) is 5. The van der Waals surface area contributed by atoms with Gasteiger partial charge in [0.1, 0.15) is 0 Å². The first-order chi connectivity index (χ1) is 24.2. The summed E-state index contributed by atoms with van der Waals surface area (Å²) in [5.74, 6) is 0.686. The van der Waals surface area contributed by atoms with Crippen LogP contribution in [-0.4, -0.2) is 19.9 Å². The summed E-state index contributed by atoms with van der Waals surface area (Å²) in [6.45, 7) is 4.18. The molecule has 0 aliphatic heterocycles. The van der Waals surface area contributed by atoms with Gasteiger partial charge >= 0.3 is 0 Å². The van der Waals surface area contributed by atoms with Gasteiger partial charge in [0, 0.05) is 49.5 Å². The fourth-order valence-corrected chi connectivity index (χ4v) is 6.52. The summed E-state index contributed by atoms with van der Waals surface area (Å²) in [5, 5.41) is 12.4. The molecule has 0 bridgehead atoms. The summed E-state index contributed by atoms with van der Waals surface area (Å²) in [5.41, 5.74) is 5.35. The van der Waals surface area contributed by atoms with Crippen LogP contribution < -0.4 is 4.98 Å². The summed E-state index contributed by atoms with van der Waals surface area (Å²) in [4.78, 5) is 21.4. The van der Waals surface area contributed by atoms with E-state index in [9.17, 15) is 0 Å². The maximum Gasteiger partial charge on any atom is 0.0786 e. The Morgan fingerprint density at radius 1 is 0.480 bits per heavy atom. The average molecular weight is 822 g/mol. The summed E-state index contributed by atoms with van der Waals surface area (Å²) >= 11 is 0. The molecule has 0 saturated carbocycles. The van der Waals surface area contributed by atoms with Crippen LogP contribution in [0.4, 0.5) is 0 Å². The summed E-state index contributed by atoms with van der Waals surface area (Å²) in [6, 6.07) is 45.2. The van der Waals surface area contributed by atoms with Crippen molar-refractivity contribution in [2.45, 2.75) is 13.8 Å². The zero-order valence-electron chi connectivity index (χ0n) is 27.5. The van der Waals surface area contributed by atoms with Crippen molar-refractivity contribution < 1.29 is 20.1 Å². The fraction of sp³-hybridized carbons (Fsp3) is 0.0455. The van der Waals surface area contributed by atoms with Gasteiger partial charge in [0.25, 0.3) is 0 Å². The van der Waals surface area contributed by atoms with Crippen LogP contribution in [0.1, 0.15) is 11.1 Å². The summed E-state index contributed by atoms with van der Waals surface area (Å²) in [7, 11) is 0. The maximum atomic E-state index is 4.66. The Bertz CT molecular complexity index is 2520. The molecular formula is C44H31IrN5-2. The molecular weight excluding hydrogens is 791 g/mol. The van der Waals surface area contributed by atoms with Crippen molar-refractivity contribution in [3.63, 3.8) is 0 Å². The van der Waals surface area contributed by atoms with Gasteiger partial charge in [0.05, 0.1) is 11.2 Å². The number of rotatable bonds is 1. The number of benzene rings is 6. The predicted octanol–water partition coefficient (Wildman–Crippen LogP) is 10.6. The minimum atomic E-state index is 0. The van der Waals surface area contributed by atoms with Gasteiger partial charge in [-0.15, -0.1) is 29.7 Å². The molecule has 6 aromatic carbocycles. The zero-order chi connectivity index (χ0) is 33.2. The van der Waals surface area contributed by atoms with E-state index in [1.165, 1.54) is 59.6 Å². The largest absolute Gasteiger partial charge is 0.441 e. The molecule has 6 heteroatoms. The minimum absolute atomic E-state index is 0. The van der Waals surface area contributed by atoms with Crippen molar-refractivity contribution in [1.82, 2.24) is 24.9 Å². The smallest absolute Gasteiger partial charge is 0.0786 e. The van der Waals surface area contributed by atoms with Crippen LogP contribution in [0.2, 0.25) is 0 Å². The van der Waals surface area contributed by atoms with Crippen LogP contribution in [0.3, 0.4) is 0 Å². The average Bonchev–Trinajstić information content (AvgIpc) is 3.72. The van der Waals surface area contributed by atoms with Gasteiger partial charge in [-0.1, -0.05) is 108 Å². The van der Waals surface area contributed by atoms with Crippen molar-refractivity contribution in [3.05, 3.63) is 170 Å². The Hall–Kier alpha value is -5.81. The van der Waals surface area contributed by atoms with E-state index in [0.29, 0.717) is 5.82 Å². The van der Waals surface area contributed by atoms with Crippen LogP contribution in [0.15, 0.2) is 152 Å². The Morgan fingerprint density at radius 2 is 1.00 bits per heavy atom. The van der Waals surface area contributed by atoms with E-state index in [0.717, 1.165) is 22.1 Å². The van der Waals surface area contributed by atoms with Crippen molar-refractivity contribution in [2.24, 2.45) is 0 Å². The van der Waals surface area contributed by atoms with E-state index in [2.05, 4.69) is 136 Å². The van der Waals surface area contributed by atoms with E-state index >= 15 is 0 Å². The molecule has 0 aliphatic carbocycles. The Balaban J connectivity index is 0.000000121. The maximum absolute atomic E-state index is 4.66. The van der Waals surface area contributed by atoms with Gasteiger partial charge in [0.15, 0.2) is 0 Å². The second-order valence-electron chi connectivity index (χ2n) is 12.0. The first kappa shape index (κ1) is 32.7. The van der Waals surface area contributed by atoms with Gasteiger partial charge in [-0.3, -0.25) is 9.97 Å². The van der Waals surface area contributed by atoms with Crippen molar-refractivity contribution in [3.8, 4) is 11.5 Å². The molecule has 10 rings (SSSR count). The Labute approximate surface area is 303 Å². The molecule has 1 radical (unpaired) electrons. The second-order valence-corrected chi connectivity index (χ2v) is 12.0.